The van der Waals surface area contributed by atoms with Crippen molar-refractivity contribution in [1.29, 1.82) is 0 Å². The highest BCUT2D eigenvalue weighted by molar-refractivity contribution is 5.49. The predicted octanol–water partition coefficient (Wildman–Crippen LogP) is 2.45. The van der Waals surface area contributed by atoms with Gasteiger partial charge in [0.05, 0.1) is 0 Å². The summed E-state index contributed by atoms with van der Waals surface area (Å²) in [4.78, 5) is 11.2. The largest absolute Gasteiger partial charge is 0.370 e. The molecule has 2 rings (SSSR count). The number of nitrogens with zero attached hydrogens (tertiary/aromatic N) is 3. The predicted molar refractivity (Wildman–Crippen MR) is 71.5 cm³/mol. The number of anilines is 2. The molecule has 0 radical (unpaired) electrons. The van der Waals surface area contributed by atoms with E-state index in [1.165, 1.54) is 12.8 Å². The minimum atomic E-state index is 0.568. The molecule has 1 atom stereocenters. The zero-order chi connectivity index (χ0) is 12.4. The van der Waals surface area contributed by atoms with Gasteiger partial charge >= 0.3 is 0 Å². The molecule has 1 aliphatic rings. The van der Waals surface area contributed by atoms with E-state index in [0.29, 0.717) is 6.04 Å². The smallest absolute Gasteiger partial charge is 0.134 e. The SMILES string of the molecule is CCNc1cc(N(C)C(C)C2CC2)nc(C)n1. The number of hydrogen-bond acceptors (Lipinski definition) is 4. The van der Waals surface area contributed by atoms with Crippen LogP contribution in [0.15, 0.2) is 6.07 Å². The van der Waals surface area contributed by atoms with Crippen molar-refractivity contribution in [3.63, 3.8) is 0 Å². The molecule has 94 valence electrons. The summed E-state index contributed by atoms with van der Waals surface area (Å²) < 4.78 is 0. The van der Waals surface area contributed by atoms with E-state index >= 15 is 0 Å². The third kappa shape index (κ3) is 2.87. The van der Waals surface area contributed by atoms with Gasteiger partial charge < -0.3 is 10.2 Å². The first-order valence-electron chi connectivity index (χ1n) is 6.44. The highest BCUT2D eigenvalue weighted by Crippen LogP contribution is 2.36. The Labute approximate surface area is 103 Å². The molecule has 1 aliphatic carbocycles. The summed E-state index contributed by atoms with van der Waals surface area (Å²) in [6.07, 6.45) is 2.71. The van der Waals surface area contributed by atoms with Crippen molar-refractivity contribution < 1.29 is 0 Å². The van der Waals surface area contributed by atoms with Crippen molar-refractivity contribution in [1.82, 2.24) is 9.97 Å². The van der Waals surface area contributed by atoms with Gasteiger partial charge in [0, 0.05) is 25.7 Å². The Kier molecular flexibility index (Phi) is 3.50. The number of nitrogens with one attached hydrogen (secondary N) is 1. The molecule has 1 fully saturated rings. The Balaban J connectivity index is 2.18. The monoisotopic (exact) mass is 234 g/mol. The lowest BCUT2D eigenvalue weighted by Gasteiger charge is -2.26. The molecule has 0 aromatic carbocycles. The van der Waals surface area contributed by atoms with Gasteiger partial charge in [-0.05, 0) is 39.5 Å². The van der Waals surface area contributed by atoms with Gasteiger partial charge in [0.25, 0.3) is 0 Å². The molecule has 1 aromatic rings. The van der Waals surface area contributed by atoms with Gasteiger partial charge in [-0.15, -0.1) is 0 Å². The highest BCUT2D eigenvalue weighted by atomic mass is 15.2. The van der Waals surface area contributed by atoms with Gasteiger partial charge in [-0.25, -0.2) is 9.97 Å². The second kappa shape index (κ2) is 4.90. The second-order valence-corrected chi connectivity index (χ2v) is 4.88. The van der Waals surface area contributed by atoms with Crippen LogP contribution in [0.1, 0.15) is 32.5 Å². The van der Waals surface area contributed by atoms with Gasteiger partial charge in [0.15, 0.2) is 0 Å². The minimum Gasteiger partial charge on any atom is -0.370 e. The Morgan fingerprint density at radius 2 is 2.18 bits per heavy atom. The van der Waals surface area contributed by atoms with Crippen LogP contribution in [0.2, 0.25) is 0 Å². The van der Waals surface area contributed by atoms with Crippen LogP contribution >= 0.6 is 0 Å². The average Bonchev–Trinajstić information content (AvgIpc) is 3.10. The Hall–Kier alpha value is -1.32. The number of rotatable bonds is 5. The average molecular weight is 234 g/mol. The number of hydrogen-bond donors (Lipinski definition) is 1. The molecule has 1 saturated carbocycles. The molecule has 0 spiro atoms. The van der Waals surface area contributed by atoms with E-state index in [-0.39, 0.29) is 0 Å². The Bertz CT molecular complexity index is 387. The van der Waals surface area contributed by atoms with Crippen molar-refractivity contribution in [2.75, 3.05) is 23.8 Å². The van der Waals surface area contributed by atoms with E-state index in [4.69, 9.17) is 0 Å². The van der Waals surface area contributed by atoms with Crippen molar-refractivity contribution in [2.45, 2.75) is 39.7 Å². The molecular weight excluding hydrogens is 212 g/mol. The van der Waals surface area contributed by atoms with Crippen LogP contribution in [0.3, 0.4) is 0 Å². The molecule has 4 nitrogen and oxygen atoms in total. The van der Waals surface area contributed by atoms with E-state index in [0.717, 1.165) is 29.9 Å². The van der Waals surface area contributed by atoms with E-state index in [9.17, 15) is 0 Å². The third-order valence-corrected chi connectivity index (χ3v) is 3.46. The maximum atomic E-state index is 4.52. The molecule has 0 amide bonds. The number of aryl methyl sites for hydroxylation is 1. The number of aromatic nitrogens is 2. The molecule has 1 N–H and O–H groups in total. The highest BCUT2D eigenvalue weighted by Gasteiger charge is 2.31. The summed E-state index contributed by atoms with van der Waals surface area (Å²) in [6, 6.07) is 2.61. The summed E-state index contributed by atoms with van der Waals surface area (Å²) in [5.41, 5.74) is 0. The lowest BCUT2D eigenvalue weighted by Crippen LogP contribution is -2.31. The first-order chi connectivity index (χ1) is 8.11. The van der Waals surface area contributed by atoms with Gasteiger partial charge in [-0.1, -0.05) is 0 Å². The van der Waals surface area contributed by atoms with Crippen LogP contribution in [0.4, 0.5) is 11.6 Å². The molecule has 1 unspecified atom stereocenters. The van der Waals surface area contributed by atoms with Gasteiger partial charge in [0.2, 0.25) is 0 Å². The van der Waals surface area contributed by atoms with Gasteiger partial charge in [0.1, 0.15) is 17.5 Å². The maximum Gasteiger partial charge on any atom is 0.134 e. The summed E-state index contributed by atoms with van der Waals surface area (Å²) in [5, 5.41) is 3.25. The summed E-state index contributed by atoms with van der Waals surface area (Å²) in [6.45, 7) is 7.19. The van der Waals surface area contributed by atoms with Crippen LogP contribution in [-0.2, 0) is 0 Å². The third-order valence-electron chi connectivity index (χ3n) is 3.46. The summed E-state index contributed by atoms with van der Waals surface area (Å²) in [5.74, 6) is 3.61. The lowest BCUT2D eigenvalue weighted by molar-refractivity contribution is 0.603. The molecule has 1 aromatic heterocycles. The second-order valence-electron chi connectivity index (χ2n) is 4.88. The normalized spacial score (nSPS) is 16.7. The van der Waals surface area contributed by atoms with E-state index < -0.39 is 0 Å². The fourth-order valence-corrected chi connectivity index (χ4v) is 2.11. The molecule has 4 heteroatoms. The lowest BCUT2D eigenvalue weighted by atomic mass is 10.2. The molecule has 0 aliphatic heterocycles. The first-order valence-corrected chi connectivity index (χ1v) is 6.44. The zero-order valence-corrected chi connectivity index (χ0v) is 11.2. The molecule has 1 heterocycles. The minimum absolute atomic E-state index is 0.568. The van der Waals surface area contributed by atoms with Crippen LogP contribution < -0.4 is 10.2 Å². The quantitative estimate of drug-likeness (QED) is 0.849. The fourth-order valence-electron chi connectivity index (χ4n) is 2.11. The Morgan fingerprint density at radius 1 is 1.47 bits per heavy atom. The molecular formula is C13H22N4. The van der Waals surface area contributed by atoms with Gasteiger partial charge in [-0.3, -0.25) is 0 Å². The van der Waals surface area contributed by atoms with Crippen molar-refractivity contribution >= 4 is 11.6 Å². The maximum absolute atomic E-state index is 4.52. The topological polar surface area (TPSA) is 41.0 Å². The van der Waals surface area contributed by atoms with Gasteiger partial charge in [-0.2, -0.15) is 0 Å². The van der Waals surface area contributed by atoms with Crippen molar-refractivity contribution in [2.24, 2.45) is 5.92 Å². The molecule has 0 bridgehead atoms. The van der Waals surface area contributed by atoms with Crippen molar-refractivity contribution in [3.05, 3.63) is 11.9 Å². The van der Waals surface area contributed by atoms with Crippen molar-refractivity contribution in [3.8, 4) is 0 Å². The van der Waals surface area contributed by atoms with Crippen LogP contribution in [0.25, 0.3) is 0 Å². The van der Waals surface area contributed by atoms with E-state index in [1.54, 1.807) is 0 Å². The standard InChI is InChI=1S/C13H22N4/c1-5-14-12-8-13(16-10(3)15-12)17(4)9(2)11-6-7-11/h8-9,11H,5-7H2,1-4H3,(H,14,15,16). The van der Waals surface area contributed by atoms with E-state index in [1.807, 2.05) is 13.0 Å². The first kappa shape index (κ1) is 12.1. The zero-order valence-electron chi connectivity index (χ0n) is 11.2. The summed E-state index contributed by atoms with van der Waals surface area (Å²) in [7, 11) is 2.13. The Morgan fingerprint density at radius 3 is 2.76 bits per heavy atom. The van der Waals surface area contributed by atoms with Crippen LogP contribution in [-0.4, -0.2) is 29.6 Å². The summed E-state index contributed by atoms with van der Waals surface area (Å²) >= 11 is 0. The van der Waals surface area contributed by atoms with E-state index in [2.05, 4.69) is 41.1 Å². The molecule has 17 heavy (non-hydrogen) atoms. The van der Waals surface area contributed by atoms with Crippen LogP contribution in [0, 0.1) is 12.8 Å². The van der Waals surface area contributed by atoms with Crippen LogP contribution in [0.5, 0.6) is 0 Å². The fraction of sp³-hybridized carbons (Fsp3) is 0.692. The molecule has 0 saturated heterocycles.